The zero-order chi connectivity index (χ0) is 10.7. The topological polar surface area (TPSA) is 22.1 Å². The van der Waals surface area contributed by atoms with E-state index in [1.165, 1.54) is 13.3 Å². The van der Waals surface area contributed by atoms with Gasteiger partial charge in [-0.25, -0.2) is 8.78 Å². The molecule has 0 aliphatic heterocycles. The van der Waals surface area contributed by atoms with E-state index in [4.69, 9.17) is 16.3 Å². The Labute approximate surface area is 85.9 Å². The second-order valence-electron chi connectivity index (χ2n) is 2.75. The minimum Gasteiger partial charge on any atom is -0.495 e. The van der Waals surface area contributed by atoms with Gasteiger partial charge in [0, 0.05) is 5.56 Å². The molecule has 0 amide bonds. The number of halogens is 3. The van der Waals surface area contributed by atoms with Gasteiger partial charge >= 0.3 is 0 Å². The number of nitrogens with zero attached hydrogens (tertiary/aromatic N) is 1. The van der Waals surface area contributed by atoms with Crippen LogP contribution in [0.25, 0.3) is 0 Å². The Morgan fingerprint density at radius 1 is 1.57 bits per heavy atom. The molecular weight excluding hydrogens is 212 g/mol. The van der Waals surface area contributed by atoms with Crippen molar-refractivity contribution in [2.75, 3.05) is 7.11 Å². The van der Waals surface area contributed by atoms with Crippen molar-refractivity contribution in [2.24, 2.45) is 0 Å². The van der Waals surface area contributed by atoms with E-state index in [1.807, 2.05) is 0 Å². The molecular formula is C9H10ClF2NO. The summed E-state index contributed by atoms with van der Waals surface area (Å²) in [6.45, 7) is 1.56. The normalized spacial score (nSPS) is 10.7. The lowest BCUT2D eigenvalue weighted by Gasteiger charge is -2.11. The number of hydrogen-bond donors (Lipinski definition) is 0. The van der Waals surface area contributed by atoms with E-state index in [9.17, 15) is 8.78 Å². The van der Waals surface area contributed by atoms with Crippen molar-refractivity contribution in [1.82, 2.24) is 4.98 Å². The summed E-state index contributed by atoms with van der Waals surface area (Å²) in [5.41, 5.74) is 0.732. The first-order chi connectivity index (χ1) is 6.61. The average molecular weight is 222 g/mol. The molecule has 1 aromatic rings. The van der Waals surface area contributed by atoms with E-state index in [1.54, 1.807) is 6.92 Å². The van der Waals surface area contributed by atoms with Gasteiger partial charge in [-0.05, 0) is 12.5 Å². The molecule has 0 N–H and O–H groups in total. The first kappa shape index (κ1) is 11.2. The van der Waals surface area contributed by atoms with Gasteiger partial charge in [-0.2, -0.15) is 0 Å². The highest BCUT2D eigenvalue weighted by Crippen LogP contribution is 2.29. The zero-order valence-electron chi connectivity index (χ0n) is 7.85. The van der Waals surface area contributed by atoms with Crippen LogP contribution in [0.4, 0.5) is 8.78 Å². The van der Waals surface area contributed by atoms with Gasteiger partial charge in [0.15, 0.2) is 0 Å². The third-order valence-electron chi connectivity index (χ3n) is 2.02. The molecule has 1 aromatic heterocycles. The summed E-state index contributed by atoms with van der Waals surface area (Å²) in [6, 6.07) is 0. The quantitative estimate of drug-likeness (QED) is 0.732. The maximum atomic E-state index is 12.4. The second kappa shape index (κ2) is 4.55. The second-order valence-corrected chi connectivity index (χ2v) is 3.02. The molecule has 78 valence electrons. The van der Waals surface area contributed by atoms with Crippen molar-refractivity contribution in [3.8, 4) is 5.75 Å². The third-order valence-corrected chi connectivity index (χ3v) is 2.28. The van der Waals surface area contributed by atoms with Gasteiger partial charge in [0.1, 0.15) is 11.4 Å². The maximum Gasteiger partial charge on any atom is 0.280 e. The van der Waals surface area contributed by atoms with Crippen molar-refractivity contribution in [1.29, 1.82) is 0 Å². The number of aromatic nitrogens is 1. The third kappa shape index (κ3) is 1.95. The van der Waals surface area contributed by atoms with Crippen LogP contribution in [0.5, 0.6) is 5.75 Å². The largest absolute Gasteiger partial charge is 0.495 e. The lowest BCUT2D eigenvalue weighted by molar-refractivity contribution is 0.145. The van der Waals surface area contributed by atoms with Crippen molar-refractivity contribution >= 4 is 11.6 Å². The molecule has 0 bridgehead atoms. The Morgan fingerprint density at radius 2 is 2.21 bits per heavy atom. The van der Waals surface area contributed by atoms with Gasteiger partial charge in [-0.15, -0.1) is 11.6 Å². The molecule has 0 aliphatic rings. The smallest absolute Gasteiger partial charge is 0.280 e. The Bertz CT molecular complexity index is 331. The summed E-state index contributed by atoms with van der Waals surface area (Å²) in [7, 11) is 1.45. The number of ether oxygens (including phenoxy) is 1. The molecule has 0 saturated carbocycles. The van der Waals surface area contributed by atoms with Crippen molar-refractivity contribution in [3.63, 3.8) is 0 Å². The molecule has 2 nitrogen and oxygen atoms in total. The monoisotopic (exact) mass is 221 g/mol. The molecule has 0 radical (unpaired) electrons. The van der Waals surface area contributed by atoms with Gasteiger partial charge in [-0.3, -0.25) is 4.98 Å². The van der Waals surface area contributed by atoms with Gasteiger partial charge < -0.3 is 4.74 Å². The molecule has 1 heterocycles. The highest BCUT2D eigenvalue weighted by molar-refractivity contribution is 6.17. The minimum atomic E-state index is -2.58. The van der Waals surface area contributed by atoms with Crippen molar-refractivity contribution in [3.05, 3.63) is 23.0 Å². The van der Waals surface area contributed by atoms with E-state index in [2.05, 4.69) is 4.98 Å². The molecule has 5 heteroatoms. The molecule has 0 saturated heterocycles. The fourth-order valence-electron chi connectivity index (χ4n) is 1.20. The van der Waals surface area contributed by atoms with Gasteiger partial charge in [0.05, 0.1) is 19.2 Å². The molecule has 0 aliphatic carbocycles. The summed E-state index contributed by atoms with van der Waals surface area (Å²) >= 11 is 5.64. The summed E-state index contributed by atoms with van der Waals surface area (Å²) in [5.74, 6) is 0.582. The fraction of sp³-hybridized carbons (Fsp3) is 0.444. The van der Waals surface area contributed by atoms with E-state index in [-0.39, 0.29) is 11.6 Å². The standard InChI is InChI=1S/C9H10ClF2NO/c1-5-6(3-10)7(14-2)4-13-8(5)9(11)12/h4,9H,3H2,1-2H3. The zero-order valence-corrected chi connectivity index (χ0v) is 8.61. The molecule has 0 spiro atoms. The van der Waals surface area contributed by atoms with Crippen LogP contribution in [0.1, 0.15) is 23.2 Å². The van der Waals surface area contributed by atoms with E-state index in [0.717, 1.165) is 0 Å². The predicted molar refractivity (Wildman–Crippen MR) is 50.0 cm³/mol. The lowest BCUT2D eigenvalue weighted by Crippen LogP contribution is -2.01. The van der Waals surface area contributed by atoms with Gasteiger partial charge in [0.2, 0.25) is 0 Å². The van der Waals surface area contributed by atoms with Crippen LogP contribution in [0.15, 0.2) is 6.20 Å². The summed E-state index contributed by atoms with van der Waals surface area (Å²) in [5, 5.41) is 0. The SMILES string of the molecule is COc1cnc(C(F)F)c(C)c1CCl. The number of rotatable bonds is 3. The molecule has 1 rings (SSSR count). The number of alkyl halides is 3. The Kier molecular flexibility index (Phi) is 3.63. The Hall–Kier alpha value is -0.900. The van der Waals surface area contributed by atoms with Gasteiger partial charge in [0.25, 0.3) is 6.43 Å². The first-order valence-electron chi connectivity index (χ1n) is 3.98. The number of methoxy groups -OCH3 is 1. The maximum absolute atomic E-state index is 12.4. The van der Waals surface area contributed by atoms with Crippen LogP contribution < -0.4 is 4.74 Å². The van der Waals surface area contributed by atoms with E-state index >= 15 is 0 Å². The van der Waals surface area contributed by atoms with Crippen LogP contribution in [-0.2, 0) is 5.88 Å². The Morgan fingerprint density at radius 3 is 2.64 bits per heavy atom. The summed E-state index contributed by atoms with van der Waals surface area (Å²) in [6.07, 6.45) is -1.31. The molecule has 14 heavy (non-hydrogen) atoms. The fourth-order valence-corrected chi connectivity index (χ4v) is 1.54. The van der Waals surface area contributed by atoms with Crippen LogP contribution in [0.2, 0.25) is 0 Å². The van der Waals surface area contributed by atoms with Crippen molar-refractivity contribution < 1.29 is 13.5 Å². The highest BCUT2D eigenvalue weighted by Gasteiger charge is 2.17. The van der Waals surface area contributed by atoms with Crippen LogP contribution >= 0.6 is 11.6 Å². The van der Waals surface area contributed by atoms with Crippen molar-refractivity contribution in [2.45, 2.75) is 19.2 Å². The lowest BCUT2D eigenvalue weighted by atomic mass is 10.1. The predicted octanol–water partition coefficient (Wildman–Crippen LogP) is 3.08. The van der Waals surface area contributed by atoms with E-state index in [0.29, 0.717) is 16.9 Å². The minimum absolute atomic E-state index is 0.136. The molecule has 0 aromatic carbocycles. The van der Waals surface area contributed by atoms with E-state index < -0.39 is 6.43 Å². The molecule has 0 fully saturated rings. The average Bonchev–Trinajstić information content (AvgIpc) is 2.16. The number of pyridine rings is 1. The summed E-state index contributed by atoms with van der Waals surface area (Å²) < 4.78 is 29.8. The number of hydrogen-bond acceptors (Lipinski definition) is 2. The summed E-state index contributed by atoms with van der Waals surface area (Å²) in [4.78, 5) is 3.62. The molecule has 0 unspecified atom stereocenters. The van der Waals surface area contributed by atoms with Crippen LogP contribution in [-0.4, -0.2) is 12.1 Å². The highest BCUT2D eigenvalue weighted by atomic mass is 35.5. The Balaban J connectivity index is 3.27. The first-order valence-corrected chi connectivity index (χ1v) is 4.51. The molecule has 0 atom stereocenters. The van der Waals surface area contributed by atoms with Crippen LogP contribution in [0, 0.1) is 6.92 Å². The van der Waals surface area contributed by atoms with Gasteiger partial charge in [-0.1, -0.05) is 0 Å². The van der Waals surface area contributed by atoms with Crippen LogP contribution in [0.3, 0.4) is 0 Å².